The molecule has 0 aliphatic carbocycles. The molecule has 6 heteroatoms. The molecule has 2 unspecified atom stereocenters. The average Bonchev–Trinajstić information content (AvgIpc) is 2.62. The predicted octanol–water partition coefficient (Wildman–Crippen LogP) is 0.798. The van der Waals surface area contributed by atoms with Crippen molar-refractivity contribution in [3.05, 3.63) is 17.0 Å². The number of hydrogen-bond donors (Lipinski definition) is 3. The highest BCUT2D eigenvalue weighted by Crippen LogP contribution is 2.12. The first-order valence-electron chi connectivity index (χ1n) is 5.93. The Morgan fingerprint density at radius 3 is 2.67 bits per heavy atom. The molecule has 0 aliphatic heterocycles. The molecule has 1 aromatic heterocycles. The lowest BCUT2D eigenvalue weighted by Gasteiger charge is -2.21. The number of rotatable bonds is 6. The maximum atomic E-state index is 11.9. The van der Waals surface area contributed by atoms with Crippen molar-refractivity contribution in [2.45, 2.75) is 38.5 Å². The summed E-state index contributed by atoms with van der Waals surface area (Å²) in [7, 11) is 0. The van der Waals surface area contributed by atoms with Crippen molar-refractivity contribution in [2.75, 3.05) is 12.9 Å². The van der Waals surface area contributed by atoms with Crippen LogP contribution in [0.5, 0.6) is 0 Å². The average molecular weight is 271 g/mol. The van der Waals surface area contributed by atoms with Gasteiger partial charge in [0.1, 0.15) is 0 Å². The highest BCUT2D eigenvalue weighted by molar-refractivity contribution is 7.99. The summed E-state index contributed by atoms with van der Waals surface area (Å²) >= 11 is 1.55. The van der Waals surface area contributed by atoms with Gasteiger partial charge in [0.2, 0.25) is 5.91 Å². The first-order valence-corrected chi connectivity index (χ1v) is 7.21. The van der Waals surface area contributed by atoms with Gasteiger partial charge in [-0.1, -0.05) is 0 Å². The van der Waals surface area contributed by atoms with E-state index in [4.69, 9.17) is 5.11 Å². The van der Waals surface area contributed by atoms with Gasteiger partial charge in [0, 0.05) is 22.5 Å². The number of carbonyl (C=O) groups is 1. The van der Waals surface area contributed by atoms with Crippen LogP contribution in [0.4, 0.5) is 0 Å². The molecule has 0 radical (unpaired) electrons. The van der Waals surface area contributed by atoms with Crippen molar-refractivity contribution in [3.63, 3.8) is 0 Å². The molecule has 0 aliphatic rings. The topological polar surface area (TPSA) is 78.0 Å². The number of H-pyrrole nitrogens is 1. The van der Waals surface area contributed by atoms with Crippen LogP contribution in [0.15, 0.2) is 0 Å². The first-order chi connectivity index (χ1) is 8.49. The molecule has 0 spiro atoms. The van der Waals surface area contributed by atoms with E-state index in [2.05, 4.69) is 15.5 Å². The van der Waals surface area contributed by atoms with Crippen LogP contribution in [-0.4, -0.2) is 45.4 Å². The van der Waals surface area contributed by atoms with Gasteiger partial charge in [-0.25, -0.2) is 0 Å². The summed E-state index contributed by atoms with van der Waals surface area (Å²) in [5.41, 5.74) is 2.74. The van der Waals surface area contributed by atoms with Crippen LogP contribution in [0.2, 0.25) is 0 Å². The van der Waals surface area contributed by atoms with Gasteiger partial charge in [0.25, 0.3) is 0 Å². The van der Waals surface area contributed by atoms with Gasteiger partial charge in [-0.15, -0.1) is 0 Å². The summed E-state index contributed by atoms with van der Waals surface area (Å²) in [6.07, 6.45) is 2.25. The van der Waals surface area contributed by atoms with Crippen LogP contribution in [0, 0.1) is 13.8 Å². The summed E-state index contributed by atoms with van der Waals surface area (Å²) < 4.78 is 0. The number of aromatic nitrogens is 2. The lowest BCUT2D eigenvalue weighted by atomic mass is 10.1. The molecule has 1 rings (SSSR count). The fraction of sp³-hybridized carbons (Fsp3) is 0.667. The third-order valence-corrected chi connectivity index (χ3v) is 4.21. The van der Waals surface area contributed by atoms with Crippen molar-refractivity contribution in [2.24, 2.45) is 0 Å². The molecule has 0 bridgehead atoms. The highest BCUT2D eigenvalue weighted by atomic mass is 32.2. The molecule has 1 amide bonds. The molecular formula is C12H21N3O2S. The minimum Gasteiger partial charge on any atom is -0.395 e. The van der Waals surface area contributed by atoms with Crippen molar-refractivity contribution in [3.8, 4) is 0 Å². The summed E-state index contributed by atoms with van der Waals surface area (Å²) in [6.45, 7) is 5.76. The van der Waals surface area contributed by atoms with Crippen LogP contribution < -0.4 is 5.32 Å². The maximum Gasteiger partial charge on any atom is 0.224 e. The fourth-order valence-corrected chi connectivity index (χ4v) is 2.46. The first kappa shape index (κ1) is 15.0. The molecule has 0 fully saturated rings. The fourth-order valence-electron chi connectivity index (χ4n) is 1.83. The molecular weight excluding hydrogens is 250 g/mol. The zero-order valence-electron chi connectivity index (χ0n) is 11.3. The third-order valence-electron chi connectivity index (χ3n) is 3.05. The highest BCUT2D eigenvalue weighted by Gasteiger charge is 2.18. The van der Waals surface area contributed by atoms with E-state index in [1.165, 1.54) is 0 Å². The second-order valence-corrected chi connectivity index (χ2v) is 5.48. The number of aliphatic hydroxyl groups is 1. The molecule has 102 valence electrons. The van der Waals surface area contributed by atoms with Crippen LogP contribution in [0.3, 0.4) is 0 Å². The van der Waals surface area contributed by atoms with E-state index in [9.17, 15) is 4.79 Å². The van der Waals surface area contributed by atoms with Gasteiger partial charge >= 0.3 is 0 Å². The van der Waals surface area contributed by atoms with E-state index < -0.39 is 0 Å². The molecule has 0 saturated heterocycles. The van der Waals surface area contributed by atoms with Crippen molar-refractivity contribution in [1.82, 2.24) is 15.5 Å². The third kappa shape index (κ3) is 3.74. The van der Waals surface area contributed by atoms with E-state index in [1.807, 2.05) is 27.0 Å². The summed E-state index contributed by atoms with van der Waals surface area (Å²) in [4.78, 5) is 11.9. The molecule has 1 heterocycles. The lowest BCUT2D eigenvalue weighted by molar-refractivity contribution is -0.121. The van der Waals surface area contributed by atoms with Gasteiger partial charge in [0.15, 0.2) is 0 Å². The number of amides is 1. The Hall–Kier alpha value is -1.01. The molecule has 2 atom stereocenters. The van der Waals surface area contributed by atoms with E-state index in [0.29, 0.717) is 6.42 Å². The largest absolute Gasteiger partial charge is 0.395 e. The minimum absolute atomic E-state index is 0.0282. The number of hydrogen-bond acceptors (Lipinski definition) is 4. The summed E-state index contributed by atoms with van der Waals surface area (Å²) in [5, 5.41) is 19.0. The van der Waals surface area contributed by atoms with E-state index in [-0.39, 0.29) is 23.8 Å². The van der Waals surface area contributed by atoms with Crippen LogP contribution in [0.1, 0.15) is 23.9 Å². The quantitative estimate of drug-likeness (QED) is 0.715. The number of aliphatic hydroxyl groups excluding tert-OH is 1. The van der Waals surface area contributed by atoms with Crippen molar-refractivity contribution < 1.29 is 9.90 Å². The second kappa shape index (κ2) is 6.80. The number of carbonyl (C=O) groups excluding carboxylic acids is 1. The Kier molecular flexibility index (Phi) is 5.68. The Morgan fingerprint density at radius 2 is 2.22 bits per heavy atom. The molecule has 18 heavy (non-hydrogen) atoms. The van der Waals surface area contributed by atoms with Gasteiger partial charge in [-0.2, -0.15) is 16.9 Å². The van der Waals surface area contributed by atoms with Crippen LogP contribution in [0.25, 0.3) is 0 Å². The number of nitrogens with zero attached hydrogens (tertiary/aromatic N) is 1. The van der Waals surface area contributed by atoms with Crippen LogP contribution in [-0.2, 0) is 11.2 Å². The van der Waals surface area contributed by atoms with E-state index in [0.717, 1.165) is 17.0 Å². The Labute approximate surface area is 112 Å². The Bertz CT molecular complexity index is 383. The van der Waals surface area contributed by atoms with Crippen molar-refractivity contribution >= 4 is 17.7 Å². The Balaban J connectivity index is 2.57. The molecule has 5 nitrogen and oxygen atoms in total. The SMILES string of the molecule is CSC(CO)C(C)NC(=O)Cc1c(C)n[nH]c1C. The monoisotopic (exact) mass is 271 g/mol. The van der Waals surface area contributed by atoms with Crippen LogP contribution >= 0.6 is 11.8 Å². The number of aryl methyl sites for hydroxylation is 2. The molecule has 0 saturated carbocycles. The number of nitrogens with one attached hydrogen (secondary N) is 2. The van der Waals surface area contributed by atoms with Gasteiger partial charge in [0.05, 0.1) is 18.7 Å². The molecule has 1 aromatic rings. The number of thioether (sulfide) groups is 1. The second-order valence-electron chi connectivity index (χ2n) is 4.40. The zero-order valence-corrected chi connectivity index (χ0v) is 12.1. The molecule has 3 N–H and O–H groups in total. The zero-order chi connectivity index (χ0) is 13.7. The summed E-state index contributed by atoms with van der Waals surface area (Å²) in [5.74, 6) is -0.0393. The minimum atomic E-state index is -0.0509. The smallest absolute Gasteiger partial charge is 0.224 e. The van der Waals surface area contributed by atoms with E-state index >= 15 is 0 Å². The van der Waals surface area contributed by atoms with Gasteiger partial charge in [-0.05, 0) is 27.0 Å². The normalized spacial score (nSPS) is 14.3. The Morgan fingerprint density at radius 1 is 1.56 bits per heavy atom. The lowest BCUT2D eigenvalue weighted by Crippen LogP contribution is -2.42. The van der Waals surface area contributed by atoms with Gasteiger partial charge < -0.3 is 10.4 Å². The number of aromatic amines is 1. The van der Waals surface area contributed by atoms with Crippen molar-refractivity contribution in [1.29, 1.82) is 0 Å². The van der Waals surface area contributed by atoms with Gasteiger partial charge in [-0.3, -0.25) is 9.89 Å². The maximum absolute atomic E-state index is 11.9. The predicted molar refractivity (Wildman–Crippen MR) is 73.8 cm³/mol. The van der Waals surface area contributed by atoms with E-state index in [1.54, 1.807) is 11.8 Å². The molecule has 0 aromatic carbocycles. The standard InChI is InChI=1S/C12H21N3O2S/c1-7-10(8(2)15-14-7)5-12(17)13-9(3)11(6-16)18-4/h9,11,16H,5-6H2,1-4H3,(H,13,17)(H,14,15). The summed E-state index contributed by atoms with van der Waals surface area (Å²) in [6, 6.07) is -0.0509.